The van der Waals surface area contributed by atoms with Crippen LogP contribution in [0.2, 0.25) is 0 Å². The molecule has 124 valence electrons. The van der Waals surface area contributed by atoms with Gasteiger partial charge in [0.05, 0.1) is 0 Å². The van der Waals surface area contributed by atoms with Gasteiger partial charge >= 0.3 is 0 Å². The van der Waals surface area contributed by atoms with Gasteiger partial charge in [-0.2, -0.15) is 0 Å². The fourth-order valence-corrected chi connectivity index (χ4v) is 4.27. The standard InChI is InChI=1S/C18H34BrNO/c1-3-4-5-6-7-8-9-10-11-12-18(21)20-14-13-16(2)17(20)15-19/h16-17H,3-15H2,1-2H3. The van der Waals surface area contributed by atoms with E-state index in [1.54, 1.807) is 0 Å². The molecule has 1 amide bonds. The minimum absolute atomic E-state index is 0.381. The Balaban J connectivity index is 2.01. The third kappa shape index (κ3) is 7.17. The summed E-state index contributed by atoms with van der Waals surface area (Å²) in [6.45, 7) is 5.49. The minimum Gasteiger partial charge on any atom is -0.339 e. The molecule has 0 saturated carbocycles. The second kappa shape index (κ2) is 11.5. The quantitative estimate of drug-likeness (QED) is 0.350. The molecule has 0 N–H and O–H groups in total. The third-order valence-corrected chi connectivity index (χ3v) is 5.52. The van der Waals surface area contributed by atoms with Crippen molar-refractivity contribution in [2.24, 2.45) is 5.92 Å². The number of alkyl halides is 1. The van der Waals surface area contributed by atoms with Gasteiger partial charge in [0.25, 0.3) is 0 Å². The number of rotatable bonds is 11. The Hall–Kier alpha value is -0.0500. The van der Waals surface area contributed by atoms with Gasteiger partial charge in [-0.1, -0.05) is 81.1 Å². The third-order valence-electron chi connectivity index (χ3n) is 4.86. The van der Waals surface area contributed by atoms with Gasteiger partial charge in [0.1, 0.15) is 0 Å². The van der Waals surface area contributed by atoms with Crippen LogP contribution in [0.15, 0.2) is 0 Å². The van der Waals surface area contributed by atoms with Crippen LogP contribution >= 0.6 is 15.9 Å². The van der Waals surface area contributed by atoms with E-state index in [0.717, 1.165) is 24.7 Å². The number of halogens is 1. The Morgan fingerprint density at radius 1 is 1.05 bits per heavy atom. The largest absolute Gasteiger partial charge is 0.339 e. The lowest BCUT2D eigenvalue weighted by molar-refractivity contribution is -0.132. The molecule has 21 heavy (non-hydrogen) atoms. The van der Waals surface area contributed by atoms with Crippen LogP contribution in [-0.4, -0.2) is 28.7 Å². The Morgan fingerprint density at radius 3 is 2.19 bits per heavy atom. The molecule has 0 aromatic heterocycles. The van der Waals surface area contributed by atoms with Gasteiger partial charge in [-0.15, -0.1) is 0 Å². The fourth-order valence-electron chi connectivity index (χ4n) is 3.28. The lowest BCUT2D eigenvalue weighted by Gasteiger charge is -2.25. The highest BCUT2D eigenvalue weighted by Crippen LogP contribution is 2.26. The first-order chi connectivity index (χ1) is 10.2. The second-order valence-corrected chi connectivity index (χ2v) is 7.30. The van der Waals surface area contributed by atoms with E-state index in [2.05, 4.69) is 34.7 Å². The molecular formula is C18H34BrNO. The molecule has 1 heterocycles. The number of likely N-dealkylation sites (tertiary alicyclic amines) is 1. The van der Waals surface area contributed by atoms with E-state index in [0.29, 0.717) is 17.9 Å². The van der Waals surface area contributed by atoms with E-state index in [1.807, 2.05) is 0 Å². The molecule has 1 rings (SSSR count). The summed E-state index contributed by atoms with van der Waals surface area (Å²) in [5.41, 5.74) is 0. The van der Waals surface area contributed by atoms with Crippen LogP contribution in [0.5, 0.6) is 0 Å². The van der Waals surface area contributed by atoms with Crippen molar-refractivity contribution < 1.29 is 4.79 Å². The maximum absolute atomic E-state index is 12.3. The molecule has 0 spiro atoms. The lowest BCUT2D eigenvalue weighted by atomic mass is 10.0. The normalized spacial score (nSPS) is 22.0. The summed E-state index contributed by atoms with van der Waals surface area (Å²) in [6.07, 6.45) is 13.8. The zero-order chi connectivity index (χ0) is 15.5. The summed E-state index contributed by atoms with van der Waals surface area (Å²) in [4.78, 5) is 14.4. The second-order valence-electron chi connectivity index (χ2n) is 6.65. The zero-order valence-electron chi connectivity index (χ0n) is 14.1. The Morgan fingerprint density at radius 2 is 1.62 bits per heavy atom. The predicted octanol–water partition coefficient (Wildman–Crippen LogP) is 5.54. The summed E-state index contributed by atoms with van der Waals surface area (Å²) in [5.74, 6) is 1.03. The van der Waals surface area contributed by atoms with Crippen molar-refractivity contribution in [3.63, 3.8) is 0 Å². The van der Waals surface area contributed by atoms with Crippen LogP contribution in [0.25, 0.3) is 0 Å². The van der Waals surface area contributed by atoms with Crippen molar-refractivity contribution in [1.82, 2.24) is 4.90 Å². The Labute approximate surface area is 140 Å². The lowest BCUT2D eigenvalue weighted by Crippen LogP contribution is -2.38. The predicted molar refractivity (Wildman–Crippen MR) is 94.9 cm³/mol. The fraction of sp³-hybridized carbons (Fsp3) is 0.944. The Kier molecular flexibility index (Phi) is 10.4. The molecule has 2 nitrogen and oxygen atoms in total. The molecule has 1 fully saturated rings. The number of hydrogen-bond acceptors (Lipinski definition) is 1. The number of nitrogens with zero attached hydrogens (tertiary/aromatic N) is 1. The van der Waals surface area contributed by atoms with E-state index in [4.69, 9.17) is 0 Å². The molecule has 1 aliphatic rings. The molecule has 1 aliphatic heterocycles. The number of hydrogen-bond donors (Lipinski definition) is 0. The molecule has 0 aromatic carbocycles. The van der Waals surface area contributed by atoms with Gasteiger partial charge in [0.15, 0.2) is 0 Å². The summed E-state index contributed by atoms with van der Waals surface area (Å²) < 4.78 is 0. The number of carbonyl (C=O) groups is 1. The summed E-state index contributed by atoms with van der Waals surface area (Å²) in [7, 11) is 0. The Bertz CT molecular complexity index is 282. The van der Waals surface area contributed by atoms with E-state index in [9.17, 15) is 4.79 Å². The number of carbonyl (C=O) groups excluding carboxylic acids is 1. The first kappa shape index (κ1) is 19.0. The maximum Gasteiger partial charge on any atom is 0.222 e. The maximum atomic E-state index is 12.3. The molecule has 1 saturated heterocycles. The van der Waals surface area contributed by atoms with Gasteiger partial charge in [-0.05, 0) is 18.8 Å². The van der Waals surface area contributed by atoms with Gasteiger partial charge in [0, 0.05) is 24.3 Å². The van der Waals surface area contributed by atoms with Gasteiger partial charge in [-0.3, -0.25) is 4.79 Å². The van der Waals surface area contributed by atoms with E-state index in [1.165, 1.54) is 57.8 Å². The average molecular weight is 360 g/mol. The van der Waals surface area contributed by atoms with Crippen LogP contribution in [-0.2, 0) is 4.79 Å². The van der Waals surface area contributed by atoms with Crippen LogP contribution < -0.4 is 0 Å². The van der Waals surface area contributed by atoms with Crippen molar-refractivity contribution in [3.8, 4) is 0 Å². The van der Waals surface area contributed by atoms with Gasteiger partial charge in [-0.25, -0.2) is 0 Å². The molecule has 3 heteroatoms. The molecule has 2 atom stereocenters. The monoisotopic (exact) mass is 359 g/mol. The van der Waals surface area contributed by atoms with Crippen LogP contribution in [0.3, 0.4) is 0 Å². The highest BCUT2D eigenvalue weighted by molar-refractivity contribution is 9.09. The van der Waals surface area contributed by atoms with Crippen LogP contribution in [0.4, 0.5) is 0 Å². The number of amides is 1. The van der Waals surface area contributed by atoms with E-state index >= 15 is 0 Å². The summed E-state index contributed by atoms with van der Waals surface area (Å²) >= 11 is 3.56. The first-order valence-corrected chi connectivity index (χ1v) is 10.2. The SMILES string of the molecule is CCCCCCCCCCCC(=O)N1CCC(C)C1CBr. The van der Waals surface area contributed by atoms with Gasteiger partial charge in [0.2, 0.25) is 5.91 Å². The van der Waals surface area contributed by atoms with Crippen molar-refractivity contribution >= 4 is 21.8 Å². The highest BCUT2D eigenvalue weighted by Gasteiger charge is 2.32. The van der Waals surface area contributed by atoms with Crippen molar-refractivity contribution in [2.45, 2.75) is 90.5 Å². The van der Waals surface area contributed by atoms with Gasteiger partial charge < -0.3 is 4.90 Å². The van der Waals surface area contributed by atoms with E-state index in [-0.39, 0.29) is 0 Å². The van der Waals surface area contributed by atoms with E-state index < -0.39 is 0 Å². The molecule has 0 aromatic rings. The van der Waals surface area contributed by atoms with Crippen molar-refractivity contribution in [3.05, 3.63) is 0 Å². The molecule has 0 radical (unpaired) electrons. The summed E-state index contributed by atoms with van der Waals surface area (Å²) in [5, 5.41) is 0.928. The van der Waals surface area contributed by atoms with Crippen molar-refractivity contribution in [2.75, 3.05) is 11.9 Å². The molecule has 0 bridgehead atoms. The smallest absolute Gasteiger partial charge is 0.222 e. The summed E-state index contributed by atoms with van der Waals surface area (Å²) in [6, 6.07) is 0.427. The number of unbranched alkanes of at least 4 members (excludes halogenated alkanes) is 8. The van der Waals surface area contributed by atoms with Crippen molar-refractivity contribution in [1.29, 1.82) is 0 Å². The molecule has 2 unspecified atom stereocenters. The molecular weight excluding hydrogens is 326 g/mol. The first-order valence-electron chi connectivity index (χ1n) is 9.06. The van der Waals surface area contributed by atoms with Crippen LogP contribution in [0.1, 0.15) is 84.5 Å². The highest BCUT2D eigenvalue weighted by atomic mass is 79.9. The zero-order valence-corrected chi connectivity index (χ0v) is 15.7. The topological polar surface area (TPSA) is 20.3 Å². The molecule has 0 aliphatic carbocycles. The average Bonchev–Trinajstić information content (AvgIpc) is 2.86. The minimum atomic E-state index is 0.381. The van der Waals surface area contributed by atoms with Crippen LogP contribution in [0, 0.1) is 5.92 Å².